The first-order valence-corrected chi connectivity index (χ1v) is 9.36. The molecule has 5 nitrogen and oxygen atoms in total. The molecule has 5 heteroatoms. The van der Waals surface area contributed by atoms with Crippen LogP contribution in [0.4, 0.5) is 0 Å². The lowest BCUT2D eigenvalue weighted by Gasteiger charge is -2.35. The Kier molecular flexibility index (Phi) is 4.98. The van der Waals surface area contributed by atoms with Crippen LogP contribution in [0, 0.1) is 6.92 Å². The predicted molar refractivity (Wildman–Crippen MR) is 106 cm³/mol. The molecule has 1 aromatic heterocycles. The fourth-order valence-electron chi connectivity index (χ4n) is 3.53. The summed E-state index contributed by atoms with van der Waals surface area (Å²) in [6.07, 6.45) is 1.96. The predicted octanol–water partition coefficient (Wildman–Crippen LogP) is 3.47. The van der Waals surface area contributed by atoms with Crippen molar-refractivity contribution in [3.8, 4) is 0 Å². The number of amides is 2. The van der Waals surface area contributed by atoms with E-state index in [1.165, 1.54) is 11.8 Å². The lowest BCUT2D eigenvalue weighted by molar-refractivity contribution is -0.126. The van der Waals surface area contributed by atoms with Gasteiger partial charge in [0.25, 0.3) is 5.91 Å². The summed E-state index contributed by atoms with van der Waals surface area (Å²) >= 11 is 0. The number of hydrogen-bond acceptors (Lipinski definition) is 3. The van der Waals surface area contributed by atoms with Gasteiger partial charge in [-0.1, -0.05) is 54.1 Å². The molecule has 4 rings (SSSR count). The molecule has 0 radical (unpaired) electrons. The summed E-state index contributed by atoms with van der Waals surface area (Å²) in [6, 6.07) is 18.7. The number of fused-ring (bicyclic) bond motifs is 1. The van der Waals surface area contributed by atoms with Gasteiger partial charge in [-0.05, 0) is 35.7 Å². The van der Waals surface area contributed by atoms with Crippen LogP contribution in [0.5, 0.6) is 0 Å². The van der Waals surface area contributed by atoms with Gasteiger partial charge in [0, 0.05) is 19.5 Å². The Balaban J connectivity index is 1.55. The Bertz CT molecular complexity index is 977. The molecule has 0 spiro atoms. The summed E-state index contributed by atoms with van der Waals surface area (Å²) in [6.45, 7) is 2.85. The number of nitrogens with one attached hydrogen (secondary N) is 1. The maximum absolute atomic E-state index is 13.0. The van der Waals surface area contributed by atoms with Crippen molar-refractivity contribution in [2.75, 3.05) is 0 Å². The van der Waals surface area contributed by atoms with Crippen molar-refractivity contribution in [1.29, 1.82) is 0 Å². The van der Waals surface area contributed by atoms with Crippen LogP contribution in [0.2, 0.25) is 0 Å². The van der Waals surface area contributed by atoms with Crippen LogP contribution in [0.3, 0.4) is 0 Å². The first-order valence-electron chi connectivity index (χ1n) is 9.36. The first kappa shape index (κ1) is 18.0. The lowest BCUT2D eigenvalue weighted by atomic mass is 9.93. The standard InChI is InChI=1S/C23H22N2O3/c1-16-8-10-17(11-9-16)14-24-22(26)20-13-18-5-2-3-6-19(18)15-25(20)23(27)21-7-4-12-28-21/h2-12,20H,13-15H2,1H3,(H,24,26). The number of aryl methyl sites for hydroxylation is 1. The van der Waals surface area contributed by atoms with E-state index in [9.17, 15) is 9.59 Å². The normalized spacial score (nSPS) is 15.8. The zero-order chi connectivity index (χ0) is 19.5. The summed E-state index contributed by atoms with van der Waals surface area (Å²) in [5.41, 5.74) is 4.36. The second-order valence-electron chi connectivity index (χ2n) is 7.10. The zero-order valence-corrected chi connectivity index (χ0v) is 15.7. The molecule has 1 unspecified atom stereocenters. The highest BCUT2D eigenvalue weighted by molar-refractivity contribution is 5.96. The highest BCUT2D eigenvalue weighted by atomic mass is 16.3. The molecular weight excluding hydrogens is 352 g/mol. The van der Waals surface area contributed by atoms with Gasteiger partial charge in [0.2, 0.25) is 5.91 Å². The van der Waals surface area contributed by atoms with E-state index in [2.05, 4.69) is 5.32 Å². The number of carbonyl (C=O) groups excluding carboxylic acids is 2. The van der Waals surface area contributed by atoms with Gasteiger partial charge in [-0.3, -0.25) is 9.59 Å². The molecule has 3 aromatic rings. The van der Waals surface area contributed by atoms with Gasteiger partial charge in [0.15, 0.2) is 5.76 Å². The van der Waals surface area contributed by atoms with Gasteiger partial charge in [-0.15, -0.1) is 0 Å². The van der Waals surface area contributed by atoms with E-state index in [-0.39, 0.29) is 17.6 Å². The molecule has 1 atom stereocenters. The van der Waals surface area contributed by atoms with Crippen LogP contribution in [0.15, 0.2) is 71.3 Å². The molecule has 0 saturated carbocycles. The van der Waals surface area contributed by atoms with E-state index in [4.69, 9.17) is 4.42 Å². The van der Waals surface area contributed by atoms with Gasteiger partial charge >= 0.3 is 0 Å². The third-order valence-corrected chi connectivity index (χ3v) is 5.13. The van der Waals surface area contributed by atoms with Gasteiger partial charge in [0.05, 0.1) is 6.26 Å². The van der Waals surface area contributed by atoms with Crippen LogP contribution in [-0.2, 0) is 24.3 Å². The van der Waals surface area contributed by atoms with Gasteiger partial charge in [-0.25, -0.2) is 0 Å². The van der Waals surface area contributed by atoms with E-state index in [0.29, 0.717) is 19.5 Å². The molecular formula is C23H22N2O3. The quantitative estimate of drug-likeness (QED) is 0.761. The summed E-state index contributed by atoms with van der Waals surface area (Å²) < 4.78 is 5.28. The molecule has 2 amide bonds. The fraction of sp³-hybridized carbons (Fsp3) is 0.217. The number of benzene rings is 2. The van der Waals surface area contributed by atoms with E-state index >= 15 is 0 Å². The van der Waals surface area contributed by atoms with Crippen molar-refractivity contribution >= 4 is 11.8 Å². The van der Waals surface area contributed by atoms with Crippen LogP contribution in [-0.4, -0.2) is 22.8 Å². The Morgan fingerprint density at radius 3 is 2.50 bits per heavy atom. The third-order valence-electron chi connectivity index (χ3n) is 5.13. The van der Waals surface area contributed by atoms with Crippen LogP contribution in [0.1, 0.15) is 32.8 Å². The maximum Gasteiger partial charge on any atom is 0.290 e. The van der Waals surface area contributed by atoms with Crippen molar-refractivity contribution in [3.63, 3.8) is 0 Å². The molecule has 2 heterocycles. The minimum absolute atomic E-state index is 0.157. The van der Waals surface area contributed by atoms with Crippen molar-refractivity contribution in [3.05, 3.63) is 94.9 Å². The molecule has 1 aliphatic rings. The SMILES string of the molecule is Cc1ccc(CNC(=O)C2Cc3ccccc3CN2C(=O)c2ccco2)cc1. The summed E-state index contributed by atoms with van der Waals surface area (Å²) in [4.78, 5) is 27.5. The second-order valence-corrected chi connectivity index (χ2v) is 7.10. The van der Waals surface area contributed by atoms with Crippen molar-refractivity contribution in [2.24, 2.45) is 0 Å². The number of furan rings is 1. The van der Waals surface area contributed by atoms with Gasteiger partial charge in [-0.2, -0.15) is 0 Å². The average molecular weight is 374 g/mol. The summed E-state index contributed by atoms with van der Waals surface area (Å²) in [7, 11) is 0. The Morgan fingerprint density at radius 2 is 1.79 bits per heavy atom. The highest BCUT2D eigenvalue weighted by Crippen LogP contribution is 2.25. The van der Waals surface area contributed by atoms with Crippen molar-refractivity contribution in [1.82, 2.24) is 10.2 Å². The van der Waals surface area contributed by atoms with Gasteiger partial charge < -0.3 is 14.6 Å². The average Bonchev–Trinajstić information content (AvgIpc) is 3.26. The molecule has 28 heavy (non-hydrogen) atoms. The fourth-order valence-corrected chi connectivity index (χ4v) is 3.53. The third kappa shape index (κ3) is 3.69. The lowest BCUT2D eigenvalue weighted by Crippen LogP contribution is -2.52. The Morgan fingerprint density at radius 1 is 1.04 bits per heavy atom. The van der Waals surface area contributed by atoms with E-state index in [1.807, 2.05) is 55.5 Å². The van der Waals surface area contributed by atoms with Crippen molar-refractivity contribution < 1.29 is 14.0 Å². The molecule has 2 aromatic carbocycles. The molecule has 1 aliphatic heterocycles. The topological polar surface area (TPSA) is 62.6 Å². The van der Waals surface area contributed by atoms with E-state index in [0.717, 1.165) is 16.7 Å². The molecule has 0 fully saturated rings. The number of carbonyl (C=O) groups is 2. The van der Waals surface area contributed by atoms with E-state index < -0.39 is 6.04 Å². The maximum atomic E-state index is 13.0. The minimum Gasteiger partial charge on any atom is -0.459 e. The monoisotopic (exact) mass is 374 g/mol. The van der Waals surface area contributed by atoms with Crippen LogP contribution < -0.4 is 5.32 Å². The molecule has 0 bridgehead atoms. The van der Waals surface area contributed by atoms with Crippen LogP contribution in [0.25, 0.3) is 0 Å². The Hall–Kier alpha value is -3.34. The Labute approximate surface area is 164 Å². The first-order chi connectivity index (χ1) is 13.6. The molecule has 1 N–H and O–H groups in total. The molecule has 142 valence electrons. The van der Waals surface area contributed by atoms with E-state index in [1.54, 1.807) is 17.0 Å². The van der Waals surface area contributed by atoms with Crippen molar-refractivity contribution in [2.45, 2.75) is 32.5 Å². The molecule has 0 saturated heterocycles. The zero-order valence-electron chi connectivity index (χ0n) is 15.7. The van der Waals surface area contributed by atoms with Gasteiger partial charge in [0.1, 0.15) is 6.04 Å². The summed E-state index contributed by atoms with van der Waals surface area (Å²) in [5, 5.41) is 2.99. The number of rotatable bonds is 4. The minimum atomic E-state index is -0.571. The number of nitrogens with zero attached hydrogens (tertiary/aromatic N) is 1. The van der Waals surface area contributed by atoms with Crippen LogP contribution >= 0.6 is 0 Å². The number of hydrogen-bond donors (Lipinski definition) is 1. The smallest absolute Gasteiger partial charge is 0.290 e. The second kappa shape index (κ2) is 7.72. The summed E-state index contributed by atoms with van der Waals surface area (Å²) in [5.74, 6) is -0.180. The molecule has 0 aliphatic carbocycles. The highest BCUT2D eigenvalue weighted by Gasteiger charge is 2.35. The largest absolute Gasteiger partial charge is 0.459 e.